The summed E-state index contributed by atoms with van der Waals surface area (Å²) < 4.78 is 5.94. The Morgan fingerprint density at radius 3 is 3.00 bits per heavy atom. The lowest BCUT2D eigenvalue weighted by Gasteiger charge is -2.26. The van der Waals surface area contributed by atoms with Gasteiger partial charge in [-0.15, -0.1) is 0 Å². The van der Waals surface area contributed by atoms with E-state index in [1.54, 1.807) is 13.3 Å². The number of methoxy groups -OCH3 is 1. The van der Waals surface area contributed by atoms with Gasteiger partial charge in [-0.2, -0.15) is 4.98 Å². The molecule has 0 aliphatic carbocycles. The molecular weight excluding hydrogens is 270 g/mol. The van der Waals surface area contributed by atoms with E-state index in [0.717, 1.165) is 29.9 Å². The van der Waals surface area contributed by atoms with Crippen molar-refractivity contribution in [3.63, 3.8) is 0 Å². The highest BCUT2D eigenvalue weighted by molar-refractivity contribution is 9.10. The van der Waals surface area contributed by atoms with Crippen molar-refractivity contribution < 1.29 is 4.74 Å². The summed E-state index contributed by atoms with van der Waals surface area (Å²) in [6.07, 6.45) is 5.04. The zero-order chi connectivity index (χ0) is 11.5. The van der Waals surface area contributed by atoms with E-state index in [1.807, 2.05) is 0 Å². The average molecular weight is 284 g/mol. The molecule has 0 fully saturated rings. The van der Waals surface area contributed by atoms with Crippen LogP contribution < -0.4 is 9.64 Å². The van der Waals surface area contributed by atoms with Crippen LogP contribution in [0.1, 0.15) is 13.3 Å². The predicted octanol–water partition coefficient (Wildman–Crippen LogP) is 2.40. The van der Waals surface area contributed by atoms with Gasteiger partial charge in [-0.05, 0) is 29.3 Å². The van der Waals surface area contributed by atoms with Crippen molar-refractivity contribution >= 4 is 21.9 Å². The van der Waals surface area contributed by atoms with E-state index < -0.39 is 0 Å². The van der Waals surface area contributed by atoms with Gasteiger partial charge >= 0.3 is 0 Å². The van der Waals surface area contributed by atoms with E-state index in [1.165, 1.54) is 5.57 Å². The maximum absolute atomic E-state index is 5.16. The van der Waals surface area contributed by atoms with Gasteiger partial charge in [-0.3, -0.25) is 0 Å². The first-order valence-electron chi connectivity index (χ1n) is 5.18. The number of nitrogens with zero attached hydrogens (tertiary/aromatic N) is 3. The van der Waals surface area contributed by atoms with Crippen molar-refractivity contribution in [2.45, 2.75) is 13.3 Å². The third-order valence-corrected chi connectivity index (χ3v) is 3.05. The maximum atomic E-state index is 5.16. The minimum absolute atomic E-state index is 0.581. The summed E-state index contributed by atoms with van der Waals surface area (Å²) in [5.74, 6) is 1.31. The molecule has 4 nitrogen and oxygen atoms in total. The van der Waals surface area contributed by atoms with Crippen molar-refractivity contribution in [1.82, 2.24) is 9.97 Å². The molecule has 2 rings (SSSR count). The largest absolute Gasteiger partial charge is 0.480 e. The number of halogens is 1. The number of hydrogen-bond donors (Lipinski definition) is 0. The number of aromatic nitrogens is 2. The van der Waals surface area contributed by atoms with Gasteiger partial charge in [-0.25, -0.2) is 4.98 Å². The topological polar surface area (TPSA) is 38.2 Å². The minimum atomic E-state index is 0.581. The summed E-state index contributed by atoms with van der Waals surface area (Å²) in [5.41, 5.74) is 1.36. The lowest BCUT2D eigenvalue weighted by molar-refractivity contribution is 0.393. The molecular formula is C11H14BrN3O. The fraction of sp³-hybridized carbons (Fsp3) is 0.455. The smallest absolute Gasteiger partial charge is 0.232 e. The summed E-state index contributed by atoms with van der Waals surface area (Å²) in [6.45, 7) is 3.98. The SMILES string of the molecule is COc1nc(N2CCC=C(C)C2)ncc1Br. The third kappa shape index (κ3) is 2.35. The number of ether oxygens (including phenoxy) is 1. The maximum Gasteiger partial charge on any atom is 0.232 e. The summed E-state index contributed by atoms with van der Waals surface area (Å²) in [6, 6.07) is 0. The lowest BCUT2D eigenvalue weighted by Crippen LogP contribution is -2.30. The zero-order valence-electron chi connectivity index (χ0n) is 9.40. The molecule has 1 aromatic rings. The van der Waals surface area contributed by atoms with Gasteiger partial charge in [0.2, 0.25) is 11.8 Å². The lowest BCUT2D eigenvalue weighted by atomic mass is 10.1. The molecule has 0 atom stereocenters. The monoisotopic (exact) mass is 283 g/mol. The summed E-state index contributed by atoms with van der Waals surface area (Å²) in [7, 11) is 1.61. The molecule has 0 saturated carbocycles. The van der Waals surface area contributed by atoms with Gasteiger partial charge in [0, 0.05) is 13.1 Å². The predicted molar refractivity (Wildman–Crippen MR) is 66.9 cm³/mol. The molecule has 0 radical (unpaired) electrons. The molecule has 1 aliphatic rings. The second-order valence-corrected chi connectivity index (χ2v) is 4.64. The van der Waals surface area contributed by atoms with Crippen LogP contribution in [0.25, 0.3) is 0 Å². The van der Waals surface area contributed by atoms with Crippen molar-refractivity contribution in [2.75, 3.05) is 25.1 Å². The van der Waals surface area contributed by atoms with Crippen LogP contribution in [0.3, 0.4) is 0 Å². The summed E-state index contributed by atoms with van der Waals surface area (Å²) in [5, 5.41) is 0. The quantitative estimate of drug-likeness (QED) is 0.782. The van der Waals surface area contributed by atoms with E-state index in [9.17, 15) is 0 Å². The van der Waals surface area contributed by atoms with Gasteiger partial charge in [0.25, 0.3) is 0 Å². The van der Waals surface area contributed by atoms with Gasteiger partial charge in [0.1, 0.15) is 0 Å². The molecule has 1 aliphatic heterocycles. The molecule has 0 N–H and O–H groups in total. The molecule has 0 amide bonds. The molecule has 1 aromatic heterocycles. The number of hydrogen-bond acceptors (Lipinski definition) is 4. The normalized spacial score (nSPS) is 15.9. The fourth-order valence-corrected chi connectivity index (χ4v) is 2.07. The average Bonchev–Trinajstić information content (AvgIpc) is 2.29. The first-order valence-corrected chi connectivity index (χ1v) is 5.97. The Morgan fingerprint density at radius 2 is 2.31 bits per heavy atom. The standard InChI is InChI=1S/C11H14BrN3O/c1-8-4-3-5-15(7-8)11-13-6-9(12)10(14-11)16-2/h4,6H,3,5,7H2,1-2H3. The van der Waals surface area contributed by atoms with Gasteiger partial charge < -0.3 is 9.64 Å². The van der Waals surface area contributed by atoms with E-state index in [2.05, 4.69) is 43.8 Å². The highest BCUT2D eigenvalue weighted by Crippen LogP contribution is 2.24. The Bertz CT molecular complexity index is 420. The highest BCUT2D eigenvalue weighted by Gasteiger charge is 2.15. The van der Waals surface area contributed by atoms with Crippen molar-refractivity contribution in [2.24, 2.45) is 0 Å². The molecule has 5 heteroatoms. The number of anilines is 1. The van der Waals surface area contributed by atoms with Crippen molar-refractivity contribution in [3.8, 4) is 5.88 Å². The third-order valence-electron chi connectivity index (χ3n) is 2.51. The second-order valence-electron chi connectivity index (χ2n) is 3.79. The van der Waals surface area contributed by atoms with Gasteiger partial charge in [0.05, 0.1) is 17.8 Å². The first-order chi connectivity index (χ1) is 7.70. The summed E-state index contributed by atoms with van der Waals surface area (Å²) >= 11 is 3.35. The van der Waals surface area contributed by atoms with Crippen LogP contribution in [0, 0.1) is 0 Å². The van der Waals surface area contributed by atoms with Crippen LogP contribution >= 0.6 is 15.9 Å². The van der Waals surface area contributed by atoms with Gasteiger partial charge in [0.15, 0.2) is 0 Å². The van der Waals surface area contributed by atoms with Crippen LogP contribution in [-0.4, -0.2) is 30.2 Å². The Kier molecular flexibility index (Phi) is 3.43. The molecule has 0 bridgehead atoms. The molecule has 0 spiro atoms. The molecule has 0 aromatic carbocycles. The van der Waals surface area contributed by atoms with Gasteiger partial charge in [-0.1, -0.05) is 11.6 Å². The van der Waals surface area contributed by atoms with E-state index in [4.69, 9.17) is 4.74 Å². The van der Waals surface area contributed by atoms with Crippen LogP contribution in [0.4, 0.5) is 5.95 Å². The fourth-order valence-electron chi connectivity index (χ4n) is 1.72. The Balaban J connectivity index is 2.24. The Morgan fingerprint density at radius 1 is 1.50 bits per heavy atom. The molecule has 86 valence electrons. The van der Waals surface area contributed by atoms with Crippen LogP contribution in [0.5, 0.6) is 5.88 Å². The van der Waals surface area contributed by atoms with E-state index in [0.29, 0.717) is 5.88 Å². The number of rotatable bonds is 2. The molecule has 2 heterocycles. The van der Waals surface area contributed by atoms with E-state index >= 15 is 0 Å². The van der Waals surface area contributed by atoms with E-state index in [-0.39, 0.29) is 0 Å². The van der Waals surface area contributed by atoms with Crippen LogP contribution in [-0.2, 0) is 0 Å². The van der Waals surface area contributed by atoms with Crippen LogP contribution in [0.15, 0.2) is 22.3 Å². The zero-order valence-corrected chi connectivity index (χ0v) is 11.0. The second kappa shape index (κ2) is 4.82. The molecule has 16 heavy (non-hydrogen) atoms. The summed E-state index contributed by atoms with van der Waals surface area (Å²) in [4.78, 5) is 10.8. The Hall–Kier alpha value is -1.10. The highest BCUT2D eigenvalue weighted by atomic mass is 79.9. The van der Waals surface area contributed by atoms with Crippen molar-refractivity contribution in [3.05, 3.63) is 22.3 Å². The Labute approximate surface area is 103 Å². The minimum Gasteiger partial charge on any atom is -0.480 e. The van der Waals surface area contributed by atoms with Crippen LogP contribution in [0.2, 0.25) is 0 Å². The molecule has 0 saturated heterocycles. The molecule has 0 unspecified atom stereocenters. The first kappa shape index (κ1) is 11.4. The van der Waals surface area contributed by atoms with Crippen molar-refractivity contribution in [1.29, 1.82) is 0 Å².